The molecule has 0 spiro atoms. The van der Waals surface area contributed by atoms with Gasteiger partial charge in [-0.25, -0.2) is 4.98 Å². The summed E-state index contributed by atoms with van der Waals surface area (Å²) < 4.78 is 6.77. The molecule has 0 fully saturated rings. The van der Waals surface area contributed by atoms with Crippen molar-refractivity contribution < 1.29 is 14.3 Å². The topological polar surface area (TPSA) is 117 Å². The van der Waals surface area contributed by atoms with Gasteiger partial charge >= 0.3 is 0 Å². The summed E-state index contributed by atoms with van der Waals surface area (Å²) in [5.74, 6) is -0.301. The molecule has 1 aromatic carbocycles. The normalized spacial score (nSPS) is 13.0. The van der Waals surface area contributed by atoms with Crippen LogP contribution in [0.5, 0.6) is 0 Å². The van der Waals surface area contributed by atoms with Gasteiger partial charge in [0.05, 0.1) is 22.3 Å². The summed E-state index contributed by atoms with van der Waals surface area (Å²) >= 11 is 6.08. The van der Waals surface area contributed by atoms with Crippen LogP contribution in [-0.4, -0.2) is 32.3 Å². The molecular formula is C19H18ClN5O3. The maximum absolute atomic E-state index is 12.2. The number of aromatic nitrogens is 3. The molecule has 1 unspecified atom stereocenters. The van der Waals surface area contributed by atoms with Crippen molar-refractivity contribution in [2.24, 2.45) is 0 Å². The maximum atomic E-state index is 12.2. The number of nitrogens with zero attached hydrogens (tertiary/aromatic N) is 4. The van der Waals surface area contributed by atoms with Gasteiger partial charge in [0, 0.05) is 18.3 Å². The van der Waals surface area contributed by atoms with Crippen molar-refractivity contribution >= 4 is 17.5 Å². The highest BCUT2D eigenvalue weighted by Gasteiger charge is 2.16. The van der Waals surface area contributed by atoms with Gasteiger partial charge in [-0.15, -0.1) is 0 Å². The quantitative estimate of drug-likeness (QED) is 0.657. The van der Waals surface area contributed by atoms with Crippen molar-refractivity contribution in [1.82, 2.24) is 20.1 Å². The first-order chi connectivity index (χ1) is 13.4. The van der Waals surface area contributed by atoms with Crippen LogP contribution in [0.3, 0.4) is 0 Å². The molecular weight excluding hydrogens is 382 g/mol. The van der Waals surface area contributed by atoms with E-state index in [2.05, 4.69) is 15.4 Å². The van der Waals surface area contributed by atoms with E-state index < -0.39 is 12.0 Å². The van der Waals surface area contributed by atoms with E-state index in [-0.39, 0.29) is 17.6 Å². The van der Waals surface area contributed by atoms with Crippen molar-refractivity contribution in [2.45, 2.75) is 26.0 Å². The van der Waals surface area contributed by atoms with E-state index in [1.165, 1.54) is 13.2 Å². The summed E-state index contributed by atoms with van der Waals surface area (Å²) in [7, 11) is 0. The lowest BCUT2D eigenvalue weighted by molar-refractivity contribution is 0.0942. The van der Waals surface area contributed by atoms with Crippen molar-refractivity contribution in [1.29, 1.82) is 5.26 Å². The third-order valence-corrected chi connectivity index (χ3v) is 4.43. The fraction of sp³-hybridized carbons (Fsp3) is 0.263. The zero-order valence-corrected chi connectivity index (χ0v) is 16.0. The molecule has 8 nitrogen and oxygen atoms in total. The zero-order valence-electron chi connectivity index (χ0n) is 15.3. The van der Waals surface area contributed by atoms with Crippen LogP contribution >= 0.6 is 11.6 Å². The van der Waals surface area contributed by atoms with Crippen LogP contribution in [-0.2, 0) is 0 Å². The number of nitriles is 1. The molecule has 3 aromatic rings. The first kappa shape index (κ1) is 19.6. The minimum absolute atomic E-state index is 0.0935. The molecule has 2 aromatic heterocycles. The van der Waals surface area contributed by atoms with Crippen LogP contribution in [0.15, 0.2) is 41.1 Å². The van der Waals surface area contributed by atoms with Crippen molar-refractivity contribution in [2.75, 3.05) is 6.54 Å². The molecule has 0 radical (unpaired) electrons. The highest BCUT2D eigenvalue weighted by molar-refractivity contribution is 6.32. The van der Waals surface area contributed by atoms with Gasteiger partial charge in [0.2, 0.25) is 5.89 Å². The Morgan fingerprint density at radius 1 is 1.43 bits per heavy atom. The molecule has 0 saturated heterocycles. The fourth-order valence-electron chi connectivity index (χ4n) is 2.51. The molecule has 2 N–H and O–H groups in total. The Hall–Kier alpha value is -3.15. The molecule has 0 aliphatic carbocycles. The molecule has 0 aliphatic heterocycles. The summed E-state index contributed by atoms with van der Waals surface area (Å²) in [5, 5.41) is 26.0. The second-order valence-electron chi connectivity index (χ2n) is 6.29. The van der Waals surface area contributed by atoms with Gasteiger partial charge in [-0.2, -0.15) is 10.4 Å². The number of aliphatic hydroxyl groups excluding tert-OH is 1. The summed E-state index contributed by atoms with van der Waals surface area (Å²) in [6.45, 7) is 3.74. The van der Waals surface area contributed by atoms with Gasteiger partial charge in [0.1, 0.15) is 18.4 Å². The Balaban J connectivity index is 1.64. The van der Waals surface area contributed by atoms with Crippen LogP contribution in [0.4, 0.5) is 0 Å². The SMILES string of the molecule is CC(O)c1nc(C(=O)NC[C@H](C)n2ccc(-c3ccc(C#N)c(Cl)c3)n2)co1. The number of benzene rings is 1. The number of halogens is 1. The highest BCUT2D eigenvalue weighted by Crippen LogP contribution is 2.24. The van der Waals surface area contributed by atoms with E-state index in [0.717, 1.165) is 5.56 Å². The smallest absolute Gasteiger partial charge is 0.273 e. The first-order valence-electron chi connectivity index (χ1n) is 8.56. The van der Waals surface area contributed by atoms with Gasteiger partial charge in [-0.3, -0.25) is 9.48 Å². The lowest BCUT2D eigenvalue weighted by Crippen LogP contribution is -2.30. The zero-order chi connectivity index (χ0) is 20.3. The summed E-state index contributed by atoms with van der Waals surface area (Å²) in [6, 6.07) is 8.88. The number of carbonyl (C=O) groups excluding carboxylic acids is 1. The minimum atomic E-state index is -0.876. The number of aliphatic hydroxyl groups is 1. The van der Waals surface area contributed by atoms with E-state index in [0.29, 0.717) is 22.8 Å². The highest BCUT2D eigenvalue weighted by atomic mass is 35.5. The van der Waals surface area contributed by atoms with Gasteiger partial charge in [-0.05, 0) is 32.0 Å². The molecule has 0 aliphatic rings. The third kappa shape index (κ3) is 4.22. The Morgan fingerprint density at radius 3 is 2.86 bits per heavy atom. The average molecular weight is 400 g/mol. The van der Waals surface area contributed by atoms with Crippen LogP contribution in [0, 0.1) is 11.3 Å². The largest absolute Gasteiger partial charge is 0.445 e. The number of hydrogen-bond donors (Lipinski definition) is 2. The number of rotatable bonds is 6. The molecule has 2 heterocycles. The van der Waals surface area contributed by atoms with E-state index >= 15 is 0 Å². The number of amides is 1. The van der Waals surface area contributed by atoms with Gasteiger partial charge in [0.25, 0.3) is 5.91 Å². The Labute approximate surface area is 166 Å². The summed E-state index contributed by atoms with van der Waals surface area (Å²) in [5.41, 5.74) is 2.03. The number of hydrogen-bond acceptors (Lipinski definition) is 6. The second-order valence-corrected chi connectivity index (χ2v) is 6.70. The van der Waals surface area contributed by atoms with Crippen molar-refractivity contribution in [3.8, 4) is 17.3 Å². The summed E-state index contributed by atoms with van der Waals surface area (Å²) in [4.78, 5) is 16.1. The van der Waals surface area contributed by atoms with Crippen LogP contribution in [0.1, 0.15) is 47.9 Å². The molecule has 144 valence electrons. The van der Waals surface area contributed by atoms with Crippen LogP contribution in [0.25, 0.3) is 11.3 Å². The van der Waals surface area contributed by atoms with E-state index in [1.807, 2.05) is 19.1 Å². The Kier molecular flexibility index (Phi) is 5.78. The number of nitrogens with one attached hydrogen (secondary N) is 1. The second kappa shape index (κ2) is 8.25. The van der Waals surface area contributed by atoms with E-state index in [1.54, 1.807) is 29.1 Å². The molecule has 2 atom stereocenters. The number of oxazole rings is 1. The molecule has 9 heteroatoms. The van der Waals surface area contributed by atoms with Crippen molar-refractivity contribution in [3.63, 3.8) is 0 Å². The third-order valence-electron chi connectivity index (χ3n) is 4.12. The standard InChI is InChI=1S/C19H18ClN5O3/c1-11(9-22-18(27)17-10-28-19(23-17)12(2)26)25-6-5-16(24-25)13-3-4-14(8-21)15(20)7-13/h3-7,10-12,26H,9H2,1-2H3,(H,22,27)/t11-,12?/m0/s1. The summed E-state index contributed by atoms with van der Waals surface area (Å²) in [6.07, 6.45) is 2.14. The monoisotopic (exact) mass is 399 g/mol. The Morgan fingerprint density at radius 2 is 2.21 bits per heavy atom. The number of carbonyl (C=O) groups is 1. The van der Waals surface area contributed by atoms with Gasteiger partial charge < -0.3 is 14.8 Å². The van der Waals surface area contributed by atoms with Crippen molar-refractivity contribution in [3.05, 3.63) is 58.9 Å². The molecule has 1 amide bonds. The van der Waals surface area contributed by atoms with E-state index in [4.69, 9.17) is 21.3 Å². The predicted molar refractivity (Wildman–Crippen MR) is 102 cm³/mol. The van der Waals surface area contributed by atoms with Gasteiger partial charge in [-0.1, -0.05) is 17.7 Å². The van der Waals surface area contributed by atoms with Crippen LogP contribution < -0.4 is 5.32 Å². The van der Waals surface area contributed by atoms with Crippen LogP contribution in [0.2, 0.25) is 5.02 Å². The maximum Gasteiger partial charge on any atom is 0.273 e. The first-order valence-corrected chi connectivity index (χ1v) is 8.93. The molecule has 3 rings (SSSR count). The Bertz CT molecular complexity index is 1030. The molecule has 0 saturated carbocycles. The average Bonchev–Trinajstić information content (AvgIpc) is 3.35. The molecule has 28 heavy (non-hydrogen) atoms. The fourth-order valence-corrected chi connectivity index (χ4v) is 2.73. The lowest BCUT2D eigenvalue weighted by atomic mass is 10.1. The van der Waals surface area contributed by atoms with E-state index in [9.17, 15) is 9.90 Å². The predicted octanol–water partition coefficient (Wildman–Crippen LogP) is 3.11. The molecule has 0 bridgehead atoms. The minimum Gasteiger partial charge on any atom is -0.445 e. The lowest BCUT2D eigenvalue weighted by Gasteiger charge is -2.12. The van der Waals surface area contributed by atoms with Gasteiger partial charge in [0.15, 0.2) is 5.69 Å².